The molecule has 2 saturated heterocycles. The van der Waals surface area contributed by atoms with Gasteiger partial charge in [-0.05, 0) is 41.7 Å². The van der Waals surface area contributed by atoms with Gasteiger partial charge >= 0.3 is 18.1 Å². The lowest BCUT2D eigenvalue weighted by Crippen LogP contribution is -2.66. The van der Waals surface area contributed by atoms with Crippen LogP contribution in [0.25, 0.3) is 0 Å². The number of benzene rings is 2. The molecule has 36 heavy (non-hydrogen) atoms. The van der Waals surface area contributed by atoms with E-state index in [-0.39, 0.29) is 32.0 Å². The van der Waals surface area contributed by atoms with Gasteiger partial charge in [-0.15, -0.1) is 0 Å². The zero-order valence-electron chi connectivity index (χ0n) is 20.9. The summed E-state index contributed by atoms with van der Waals surface area (Å²) < 4.78 is 5.40. The number of amides is 4. The van der Waals surface area contributed by atoms with Gasteiger partial charge in [0.1, 0.15) is 12.1 Å². The summed E-state index contributed by atoms with van der Waals surface area (Å²) in [5.74, 6) is -1.29. The Hall–Kier alpha value is -3.88. The molecular weight excluding hydrogens is 462 g/mol. The highest BCUT2D eigenvalue weighted by Gasteiger charge is 2.64. The maximum Gasteiger partial charge on any atom is 0.407 e. The number of nitrogens with zero attached hydrogens (tertiary/aromatic N) is 3. The molecule has 2 atom stereocenters. The number of likely N-dealkylation sites (N-methyl/N-ethyl adjacent to an activating group) is 1. The molecule has 0 aliphatic carbocycles. The summed E-state index contributed by atoms with van der Waals surface area (Å²) in [4.78, 5) is 55.2. The van der Waals surface area contributed by atoms with Crippen molar-refractivity contribution in [2.24, 2.45) is 11.3 Å². The number of esters is 1. The number of imide groups is 1. The van der Waals surface area contributed by atoms with Crippen LogP contribution in [0, 0.1) is 11.3 Å². The Morgan fingerprint density at radius 1 is 1.06 bits per heavy atom. The van der Waals surface area contributed by atoms with E-state index in [1.807, 2.05) is 51.1 Å². The monoisotopic (exact) mass is 493 g/mol. The largest absolute Gasteiger partial charge is 0.465 e. The van der Waals surface area contributed by atoms with E-state index in [9.17, 15) is 24.3 Å². The molecule has 2 fully saturated rings. The average molecular weight is 494 g/mol. The second kappa shape index (κ2) is 9.29. The fourth-order valence-electron chi connectivity index (χ4n) is 5.32. The summed E-state index contributed by atoms with van der Waals surface area (Å²) in [5, 5.41) is 9.61. The third kappa shape index (κ3) is 4.29. The van der Waals surface area contributed by atoms with Gasteiger partial charge in [-0.1, -0.05) is 51.1 Å². The summed E-state index contributed by atoms with van der Waals surface area (Å²) in [6.45, 7) is 6.25. The van der Waals surface area contributed by atoms with Crippen LogP contribution in [-0.4, -0.2) is 64.6 Å². The van der Waals surface area contributed by atoms with E-state index in [1.54, 1.807) is 24.3 Å². The van der Waals surface area contributed by atoms with Gasteiger partial charge < -0.3 is 14.7 Å². The van der Waals surface area contributed by atoms with Crippen LogP contribution in [0.1, 0.15) is 43.1 Å². The van der Waals surface area contributed by atoms with Gasteiger partial charge in [-0.3, -0.25) is 14.6 Å². The highest BCUT2D eigenvalue weighted by atomic mass is 16.5. The summed E-state index contributed by atoms with van der Waals surface area (Å²) in [6, 6.07) is 15.3. The molecule has 0 aromatic heterocycles. The number of anilines is 1. The normalized spacial score (nSPS) is 22.3. The Morgan fingerprint density at radius 3 is 2.28 bits per heavy atom. The minimum Gasteiger partial charge on any atom is -0.465 e. The number of urea groups is 1. The van der Waals surface area contributed by atoms with Crippen LogP contribution in [0.15, 0.2) is 54.6 Å². The quantitative estimate of drug-likeness (QED) is 0.505. The summed E-state index contributed by atoms with van der Waals surface area (Å²) in [5.41, 5.74) is -0.0481. The molecular formula is C27H31N3O6. The van der Waals surface area contributed by atoms with Crippen LogP contribution in [0.2, 0.25) is 0 Å². The van der Waals surface area contributed by atoms with E-state index in [2.05, 4.69) is 0 Å². The molecule has 0 radical (unpaired) electrons. The van der Waals surface area contributed by atoms with Crippen LogP contribution in [0.5, 0.6) is 0 Å². The predicted molar refractivity (Wildman–Crippen MR) is 133 cm³/mol. The van der Waals surface area contributed by atoms with Gasteiger partial charge in [-0.25, -0.2) is 14.4 Å². The first kappa shape index (κ1) is 25.2. The number of carbonyl (C=O) groups excluding carboxylic acids is 3. The number of carbonyl (C=O) groups is 4. The fraction of sp³-hybridized carbons (Fsp3) is 0.407. The van der Waals surface area contributed by atoms with E-state index in [0.717, 1.165) is 10.5 Å². The number of ether oxygens (including phenoxy) is 1. The lowest BCUT2D eigenvalue weighted by molar-refractivity contribution is -0.136. The van der Waals surface area contributed by atoms with Gasteiger partial charge in [0.2, 0.25) is 0 Å². The first-order valence-corrected chi connectivity index (χ1v) is 11.9. The maximum absolute atomic E-state index is 13.6. The molecule has 0 bridgehead atoms. The van der Waals surface area contributed by atoms with Crippen molar-refractivity contribution in [2.75, 3.05) is 25.0 Å². The number of hydrogen-bond acceptors (Lipinski definition) is 5. The third-order valence-electron chi connectivity index (χ3n) is 7.18. The molecule has 4 rings (SSSR count). The van der Waals surface area contributed by atoms with Crippen molar-refractivity contribution in [1.29, 1.82) is 0 Å². The Kier molecular flexibility index (Phi) is 6.51. The van der Waals surface area contributed by atoms with E-state index >= 15 is 0 Å². The summed E-state index contributed by atoms with van der Waals surface area (Å²) in [6.07, 6.45) is -0.869. The van der Waals surface area contributed by atoms with Crippen LogP contribution < -0.4 is 4.90 Å². The molecule has 1 spiro atoms. The molecule has 2 aliphatic rings. The van der Waals surface area contributed by atoms with Crippen molar-refractivity contribution >= 4 is 29.7 Å². The van der Waals surface area contributed by atoms with Crippen molar-refractivity contribution in [3.8, 4) is 0 Å². The molecule has 2 unspecified atom stereocenters. The van der Waals surface area contributed by atoms with Gasteiger partial charge in [-0.2, -0.15) is 0 Å². The van der Waals surface area contributed by atoms with Gasteiger partial charge in [0.05, 0.1) is 5.56 Å². The molecule has 9 heteroatoms. The minimum atomic E-state index is -1.23. The van der Waals surface area contributed by atoms with Crippen molar-refractivity contribution < 1.29 is 29.0 Å². The molecule has 2 aliphatic heterocycles. The zero-order valence-corrected chi connectivity index (χ0v) is 20.9. The Balaban J connectivity index is 1.65. The lowest BCUT2D eigenvalue weighted by Gasteiger charge is -2.52. The van der Waals surface area contributed by atoms with E-state index in [4.69, 9.17) is 4.74 Å². The molecule has 2 aromatic rings. The molecule has 9 nitrogen and oxygen atoms in total. The highest BCUT2D eigenvalue weighted by molar-refractivity contribution is 6.17. The summed E-state index contributed by atoms with van der Waals surface area (Å²) in [7, 11) is 1.45. The van der Waals surface area contributed by atoms with E-state index in [0.29, 0.717) is 11.3 Å². The first-order valence-electron chi connectivity index (χ1n) is 11.9. The molecule has 2 aromatic carbocycles. The van der Waals surface area contributed by atoms with Crippen LogP contribution in [-0.2, 0) is 16.1 Å². The lowest BCUT2D eigenvalue weighted by atomic mass is 9.64. The van der Waals surface area contributed by atoms with Crippen molar-refractivity contribution in [3.63, 3.8) is 0 Å². The number of likely N-dealkylation sites (tertiary alicyclic amines) is 1. The predicted octanol–water partition coefficient (Wildman–Crippen LogP) is 4.23. The highest BCUT2D eigenvalue weighted by Crippen LogP contribution is 2.49. The average Bonchev–Trinajstić information content (AvgIpc) is 3.03. The van der Waals surface area contributed by atoms with Crippen LogP contribution >= 0.6 is 0 Å². The summed E-state index contributed by atoms with van der Waals surface area (Å²) >= 11 is 0. The molecule has 190 valence electrons. The number of carboxylic acid groups (broad SMARTS) is 1. The number of hydrogen-bond donors (Lipinski definition) is 1. The van der Waals surface area contributed by atoms with Crippen LogP contribution in [0.3, 0.4) is 0 Å². The SMILES string of the molecule is CN1C(=O)N(c2ccc(C(=O)OCc3ccccc3)cc2)C2(CCN(C(=O)O)CC2C(C)(C)C)C1=O. The fourth-order valence-corrected chi connectivity index (χ4v) is 5.32. The topological polar surface area (TPSA) is 107 Å². The minimum absolute atomic E-state index is 0.131. The van der Waals surface area contributed by atoms with Gasteiger partial charge in [0.15, 0.2) is 0 Å². The Labute approximate surface area is 210 Å². The second-order valence-corrected chi connectivity index (χ2v) is 10.4. The third-order valence-corrected chi connectivity index (χ3v) is 7.18. The maximum atomic E-state index is 13.6. The van der Waals surface area contributed by atoms with Gasteiger partial charge in [0, 0.05) is 31.7 Å². The molecule has 0 saturated carbocycles. The van der Waals surface area contributed by atoms with Crippen LogP contribution in [0.4, 0.5) is 15.3 Å². The Morgan fingerprint density at radius 2 is 1.69 bits per heavy atom. The first-order chi connectivity index (χ1) is 17.0. The number of rotatable bonds is 4. The van der Waals surface area contributed by atoms with E-state index < -0.39 is 35.0 Å². The smallest absolute Gasteiger partial charge is 0.407 e. The second-order valence-electron chi connectivity index (χ2n) is 10.4. The Bertz CT molecular complexity index is 1170. The molecule has 1 N–H and O–H groups in total. The standard InChI is InChI=1S/C27H31N3O6/c1-26(2,3)21-16-29(25(34)35)15-14-27(21)23(32)28(4)24(33)30(27)20-12-10-19(11-13-20)22(31)36-17-18-8-6-5-7-9-18/h5-13,21H,14-17H2,1-4H3,(H,34,35). The van der Waals surface area contributed by atoms with E-state index in [1.165, 1.54) is 16.8 Å². The van der Waals surface area contributed by atoms with Crippen molar-refractivity contribution in [1.82, 2.24) is 9.80 Å². The molecule has 4 amide bonds. The zero-order chi connectivity index (χ0) is 26.3. The van der Waals surface area contributed by atoms with Crippen molar-refractivity contribution in [2.45, 2.75) is 39.3 Å². The number of piperidine rings is 1. The van der Waals surface area contributed by atoms with Crippen molar-refractivity contribution in [3.05, 3.63) is 65.7 Å². The molecule has 2 heterocycles. The van der Waals surface area contributed by atoms with Gasteiger partial charge in [0.25, 0.3) is 5.91 Å².